The molecule has 0 aliphatic carbocycles. The van der Waals surface area contributed by atoms with E-state index >= 15 is 0 Å². The standard InChI is InChI=1S/C13H11N5OS/c1-20-13-16-7-8(6-14)12(18-13)17-10-5-3-2-4-9(10)11(15)19/h2-5,7H,1H3,(H2,15,19)(H,16,17,18). The number of nitrogens with two attached hydrogens (primary N) is 1. The van der Waals surface area contributed by atoms with E-state index in [1.807, 2.05) is 12.3 Å². The molecule has 0 atom stereocenters. The Balaban J connectivity index is 2.44. The number of hydrogen-bond acceptors (Lipinski definition) is 6. The number of primary amides is 1. The smallest absolute Gasteiger partial charge is 0.250 e. The van der Waals surface area contributed by atoms with Crippen LogP contribution in [0.5, 0.6) is 0 Å². The molecule has 100 valence electrons. The van der Waals surface area contributed by atoms with Crippen LogP contribution in [0.25, 0.3) is 0 Å². The summed E-state index contributed by atoms with van der Waals surface area (Å²) in [4.78, 5) is 19.6. The van der Waals surface area contributed by atoms with Gasteiger partial charge in [-0.05, 0) is 18.4 Å². The molecule has 1 amide bonds. The molecule has 1 heterocycles. The van der Waals surface area contributed by atoms with Gasteiger partial charge in [0, 0.05) is 0 Å². The summed E-state index contributed by atoms with van der Waals surface area (Å²) in [5.41, 5.74) is 6.44. The molecule has 0 bridgehead atoms. The lowest BCUT2D eigenvalue weighted by atomic mass is 10.1. The number of aromatic nitrogens is 2. The van der Waals surface area contributed by atoms with Crippen LogP contribution in [0, 0.1) is 11.3 Å². The molecule has 6 nitrogen and oxygen atoms in total. The molecular formula is C13H11N5OS. The van der Waals surface area contributed by atoms with E-state index in [-0.39, 0.29) is 0 Å². The van der Waals surface area contributed by atoms with Crippen LogP contribution in [0.15, 0.2) is 35.6 Å². The zero-order chi connectivity index (χ0) is 14.5. The molecule has 2 aromatic rings. The van der Waals surface area contributed by atoms with Crippen molar-refractivity contribution in [2.24, 2.45) is 5.73 Å². The highest BCUT2D eigenvalue weighted by Gasteiger charge is 2.11. The molecule has 0 radical (unpaired) electrons. The normalized spacial score (nSPS) is 9.80. The zero-order valence-electron chi connectivity index (χ0n) is 10.6. The molecule has 3 N–H and O–H groups in total. The van der Waals surface area contributed by atoms with Crippen LogP contribution in [0.4, 0.5) is 11.5 Å². The van der Waals surface area contributed by atoms with Crippen LogP contribution in [-0.4, -0.2) is 22.1 Å². The Hall–Kier alpha value is -2.59. The molecule has 7 heteroatoms. The van der Waals surface area contributed by atoms with Crippen LogP contribution < -0.4 is 11.1 Å². The predicted molar refractivity (Wildman–Crippen MR) is 76.8 cm³/mol. The average molecular weight is 285 g/mol. The lowest BCUT2D eigenvalue weighted by Crippen LogP contribution is -2.13. The minimum atomic E-state index is -0.550. The van der Waals surface area contributed by atoms with Gasteiger partial charge in [0.2, 0.25) is 0 Å². The van der Waals surface area contributed by atoms with Gasteiger partial charge in [0.15, 0.2) is 11.0 Å². The van der Waals surface area contributed by atoms with Crippen LogP contribution in [0.3, 0.4) is 0 Å². The topological polar surface area (TPSA) is 105 Å². The second kappa shape index (κ2) is 6.04. The Morgan fingerprint density at radius 1 is 1.45 bits per heavy atom. The van der Waals surface area contributed by atoms with E-state index < -0.39 is 5.91 Å². The van der Waals surface area contributed by atoms with E-state index in [9.17, 15) is 4.79 Å². The van der Waals surface area contributed by atoms with Gasteiger partial charge in [-0.1, -0.05) is 23.9 Å². The average Bonchev–Trinajstić information content (AvgIpc) is 2.47. The first-order valence-electron chi connectivity index (χ1n) is 5.62. The third-order valence-electron chi connectivity index (χ3n) is 2.52. The summed E-state index contributed by atoms with van der Waals surface area (Å²) in [6.45, 7) is 0. The van der Waals surface area contributed by atoms with Gasteiger partial charge in [-0.3, -0.25) is 4.79 Å². The molecule has 0 spiro atoms. The Bertz CT molecular complexity index is 695. The van der Waals surface area contributed by atoms with Gasteiger partial charge in [-0.15, -0.1) is 0 Å². The van der Waals surface area contributed by atoms with Crippen molar-refractivity contribution in [2.75, 3.05) is 11.6 Å². The Kier molecular flexibility index (Phi) is 4.17. The fourth-order valence-electron chi connectivity index (χ4n) is 1.58. The van der Waals surface area contributed by atoms with Crippen LogP contribution >= 0.6 is 11.8 Å². The lowest BCUT2D eigenvalue weighted by molar-refractivity contribution is 0.100. The number of para-hydroxylation sites is 1. The van der Waals surface area contributed by atoms with E-state index in [1.54, 1.807) is 24.3 Å². The molecule has 1 aromatic carbocycles. The van der Waals surface area contributed by atoms with E-state index in [1.165, 1.54) is 18.0 Å². The highest BCUT2D eigenvalue weighted by atomic mass is 32.2. The summed E-state index contributed by atoms with van der Waals surface area (Å²) in [7, 11) is 0. The first-order valence-corrected chi connectivity index (χ1v) is 6.85. The fraction of sp³-hybridized carbons (Fsp3) is 0.0769. The first-order chi connectivity index (χ1) is 9.65. The SMILES string of the molecule is CSc1ncc(C#N)c(Nc2ccccc2C(N)=O)n1. The molecule has 0 saturated heterocycles. The minimum absolute atomic E-state index is 0.294. The third-order valence-corrected chi connectivity index (χ3v) is 3.08. The maximum Gasteiger partial charge on any atom is 0.250 e. The number of carbonyl (C=O) groups excluding carboxylic acids is 1. The highest BCUT2D eigenvalue weighted by Crippen LogP contribution is 2.23. The van der Waals surface area contributed by atoms with Gasteiger partial charge < -0.3 is 11.1 Å². The molecule has 0 aliphatic rings. The number of nitriles is 1. The first kappa shape index (κ1) is 13.8. The molecule has 0 saturated carbocycles. The summed E-state index contributed by atoms with van der Waals surface area (Å²) >= 11 is 1.36. The van der Waals surface area contributed by atoms with Crippen molar-refractivity contribution in [1.82, 2.24) is 9.97 Å². The van der Waals surface area contributed by atoms with Crippen molar-refractivity contribution in [3.05, 3.63) is 41.6 Å². The number of thioether (sulfide) groups is 1. The molecule has 2 rings (SSSR count). The van der Waals surface area contributed by atoms with Gasteiger partial charge >= 0.3 is 0 Å². The van der Waals surface area contributed by atoms with Crippen molar-refractivity contribution in [2.45, 2.75) is 5.16 Å². The minimum Gasteiger partial charge on any atom is -0.366 e. The summed E-state index contributed by atoms with van der Waals surface area (Å²) in [6, 6.07) is 8.78. The maximum atomic E-state index is 11.4. The zero-order valence-corrected chi connectivity index (χ0v) is 11.4. The number of rotatable bonds is 4. The van der Waals surface area contributed by atoms with Gasteiger partial charge in [0.1, 0.15) is 11.6 Å². The molecule has 0 fully saturated rings. The van der Waals surface area contributed by atoms with E-state index in [2.05, 4.69) is 15.3 Å². The second-order valence-corrected chi connectivity index (χ2v) is 4.54. The van der Waals surface area contributed by atoms with Gasteiger partial charge in [-0.2, -0.15) is 5.26 Å². The summed E-state index contributed by atoms with van der Waals surface area (Å²) in [5.74, 6) is -0.202. The predicted octanol–water partition coefficient (Wildman–Crippen LogP) is 1.91. The van der Waals surface area contributed by atoms with Crippen molar-refractivity contribution in [3.63, 3.8) is 0 Å². The Morgan fingerprint density at radius 3 is 2.85 bits per heavy atom. The van der Waals surface area contributed by atoms with Gasteiger partial charge in [-0.25, -0.2) is 9.97 Å². The molecule has 0 aliphatic heterocycles. The van der Waals surface area contributed by atoms with E-state index in [0.29, 0.717) is 27.8 Å². The van der Waals surface area contributed by atoms with E-state index in [4.69, 9.17) is 11.0 Å². The molecular weight excluding hydrogens is 274 g/mol. The Morgan fingerprint density at radius 2 is 2.20 bits per heavy atom. The van der Waals surface area contributed by atoms with Crippen LogP contribution in [-0.2, 0) is 0 Å². The van der Waals surface area contributed by atoms with Crippen molar-refractivity contribution in [1.29, 1.82) is 5.26 Å². The number of hydrogen-bond donors (Lipinski definition) is 2. The molecule has 20 heavy (non-hydrogen) atoms. The number of carbonyl (C=O) groups is 1. The third kappa shape index (κ3) is 2.87. The highest BCUT2D eigenvalue weighted by molar-refractivity contribution is 7.98. The van der Waals surface area contributed by atoms with Crippen molar-refractivity contribution in [3.8, 4) is 6.07 Å². The molecule has 1 aromatic heterocycles. The summed E-state index contributed by atoms with van der Waals surface area (Å²) in [5, 5.41) is 12.6. The monoisotopic (exact) mass is 285 g/mol. The Labute approximate surface area is 120 Å². The number of nitrogens with one attached hydrogen (secondary N) is 1. The lowest BCUT2D eigenvalue weighted by Gasteiger charge is -2.10. The maximum absolute atomic E-state index is 11.4. The van der Waals surface area contributed by atoms with Gasteiger partial charge in [0.05, 0.1) is 17.4 Å². The largest absolute Gasteiger partial charge is 0.366 e. The summed E-state index contributed by atoms with van der Waals surface area (Å²) < 4.78 is 0. The second-order valence-electron chi connectivity index (χ2n) is 3.77. The fourth-order valence-corrected chi connectivity index (χ4v) is 1.92. The molecule has 0 unspecified atom stereocenters. The number of amides is 1. The van der Waals surface area contributed by atoms with Gasteiger partial charge in [0.25, 0.3) is 5.91 Å². The van der Waals surface area contributed by atoms with E-state index in [0.717, 1.165) is 0 Å². The van der Waals surface area contributed by atoms with Crippen molar-refractivity contribution < 1.29 is 4.79 Å². The van der Waals surface area contributed by atoms with Crippen LogP contribution in [0.2, 0.25) is 0 Å². The number of anilines is 2. The van der Waals surface area contributed by atoms with Crippen LogP contribution in [0.1, 0.15) is 15.9 Å². The van der Waals surface area contributed by atoms with Crippen molar-refractivity contribution >= 4 is 29.2 Å². The summed E-state index contributed by atoms with van der Waals surface area (Å²) in [6.07, 6.45) is 3.27. The number of nitrogens with zero attached hydrogens (tertiary/aromatic N) is 3. The number of benzene rings is 1. The quantitative estimate of drug-likeness (QED) is 0.656.